The standard InChI is InChI=1S/C22H26N4/c1-5-17-13-18(6-2)24-16(4)12-20-8-10-22(26-20)14-21-9-7-19(25-21)11-15(3)23-17/h5-12,17,21,24-25H,1,4,13-14H2,2-3H3/b18-6-,19-11-,20-12-,23-15+. The summed E-state index contributed by atoms with van der Waals surface area (Å²) < 4.78 is 0. The van der Waals surface area contributed by atoms with E-state index in [1.165, 1.54) is 0 Å². The molecule has 0 aromatic heterocycles. The van der Waals surface area contributed by atoms with E-state index in [9.17, 15) is 0 Å². The summed E-state index contributed by atoms with van der Waals surface area (Å²) >= 11 is 0. The molecule has 0 aromatic carbocycles. The number of nitrogens with one attached hydrogen (secondary N) is 2. The molecule has 0 amide bonds. The zero-order chi connectivity index (χ0) is 18.5. The van der Waals surface area contributed by atoms with Crippen LogP contribution in [-0.2, 0) is 0 Å². The second-order valence-electron chi connectivity index (χ2n) is 6.66. The number of aliphatic imine (C=N–C) groups is 2. The first-order chi connectivity index (χ1) is 12.6. The molecule has 0 saturated heterocycles. The highest BCUT2D eigenvalue weighted by Crippen LogP contribution is 2.18. The number of rotatable bonds is 1. The van der Waals surface area contributed by atoms with Crippen molar-refractivity contribution >= 4 is 11.4 Å². The molecule has 2 N–H and O–H groups in total. The van der Waals surface area contributed by atoms with Crippen LogP contribution < -0.4 is 10.6 Å². The van der Waals surface area contributed by atoms with Crippen LogP contribution in [0.2, 0.25) is 0 Å². The van der Waals surface area contributed by atoms with Gasteiger partial charge < -0.3 is 10.6 Å². The van der Waals surface area contributed by atoms with Crippen LogP contribution in [-0.4, -0.2) is 23.5 Å². The maximum Gasteiger partial charge on any atom is 0.0734 e. The number of hydrogen-bond acceptors (Lipinski definition) is 4. The normalized spacial score (nSPS) is 33.3. The van der Waals surface area contributed by atoms with Gasteiger partial charge in [0.2, 0.25) is 0 Å². The van der Waals surface area contributed by atoms with Crippen molar-refractivity contribution in [1.29, 1.82) is 0 Å². The lowest BCUT2D eigenvalue weighted by molar-refractivity contribution is 0.736. The molecule has 0 radical (unpaired) electrons. The van der Waals surface area contributed by atoms with Gasteiger partial charge >= 0.3 is 0 Å². The van der Waals surface area contributed by atoms with Gasteiger partial charge in [-0.25, -0.2) is 0 Å². The quantitative estimate of drug-likeness (QED) is 0.702. The van der Waals surface area contributed by atoms with Crippen molar-refractivity contribution in [2.75, 3.05) is 0 Å². The van der Waals surface area contributed by atoms with Crippen LogP contribution in [0.1, 0.15) is 26.7 Å². The number of hydrogen-bond donors (Lipinski definition) is 2. The average Bonchev–Trinajstić information content (AvgIpc) is 3.22. The van der Waals surface area contributed by atoms with Crippen molar-refractivity contribution in [3.63, 3.8) is 0 Å². The molecule has 134 valence electrons. The molecule has 2 atom stereocenters. The highest BCUT2D eigenvalue weighted by atomic mass is 15.0. The van der Waals surface area contributed by atoms with Gasteiger partial charge in [0, 0.05) is 41.4 Å². The van der Waals surface area contributed by atoms with Gasteiger partial charge in [-0.15, -0.1) is 6.58 Å². The minimum Gasteiger partial charge on any atom is -0.378 e. The Labute approximate surface area is 155 Å². The first kappa shape index (κ1) is 17.9. The minimum atomic E-state index is 0.0103. The molecule has 0 fully saturated rings. The second-order valence-corrected chi connectivity index (χ2v) is 6.66. The van der Waals surface area contributed by atoms with Gasteiger partial charge in [-0.2, -0.15) is 0 Å². The molecule has 4 nitrogen and oxygen atoms in total. The van der Waals surface area contributed by atoms with Gasteiger partial charge in [0.25, 0.3) is 0 Å². The number of allylic oxidation sites excluding steroid dienone is 6. The molecule has 0 aromatic rings. The molecule has 3 heterocycles. The van der Waals surface area contributed by atoms with E-state index in [-0.39, 0.29) is 12.1 Å². The Kier molecular flexibility index (Phi) is 5.52. The lowest BCUT2D eigenvalue weighted by atomic mass is 10.1. The maximum atomic E-state index is 4.79. The van der Waals surface area contributed by atoms with Crippen LogP contribution in [0.15, 0.2) is 94.5 Å². The zero-order valence-corrected chi connectivity index (χ0v) is 15.5. The summed E-state index contributed by atoms with van der Waals surface area (Å²) in [5, 5.41) is 6.89. The third kappa shape index (κ3) is 4.60. The van der Waals surface area contributed by atoms with Crippen LogP contribution in [0.5, 0.6) is 0 Å². The summed E-state index contributed by atoms with van der Waals surface area (Å²) in [6.45, 7) is 12.1. The van der Waals surface area contributed by atoms with Crippen LogP contribution in [0.25, 0.3) is 0 Å². The van der Waals surface area contributed by atoms with E-state index in [4.69, 9.17) is 9.98 Å². The van der Waals surface area contributed by atoms with E-state index < -0.39 is 0 Å². The van der Waals surface area contributed by atoms with Crippen molar-refractivity contribution in [3.05, 3.63) is 84.6 Å². The predicted octanol–water partition coefficient (Wildman–Crippen LogP) is 4.11. The van der Waals surface area contributed by atoms with Crippen molar-refractivity contribution in [2.45, 2.75) is 38.8 Å². The second kappa shape index (κ2) is 8.00. The summed E-state index contributed by atoms with van der Waals surface area (Å²) in [7, 11) is 0. The van der Waals surface area contributed by atoms with Gasteiger partial charge in [0.05, 0.1) is 17.8 Å². The summed E-state index contributed by atoms with van der Waals surface area (Å²) in [6, 6.07) is 0.270. The van der Waals surface area contributed by atoms with Crippen LogP contribution >= 0.6 is 0 Å². The Hall–Kier alpha value is -2.88. The summed E-state index contributed by atoms with van der Waals surface area (Å²) in [6.07, 6.45) is 18.0. The van der Waals surface area contributed by atoms with Crippen molar-refractivity contribution in [1.82, 2.24) is 10.6 Å². The largest absolute Gasteiger partial charge is 0.378 e. The fourth-order valence-electron chi connectivity index (χ4n) is 3.17. The Bertz CT molecular complexity index is 815. The monoisotopic (exact) mass is 346 g/mol. The molecule has 0 spiro atoms. The van der Waals surface area contributed by atoms with Gasteiger partial charge in [0.15, 0.2) is 0 Å². The molecule has 2 unspecified atom stereocenters. The fraction of sp³-hybridized carbons (Fsp3) is 0.273. The predicted molar refractivity (Wildman–Crippen MR) is 111 cm³/mol. The van der Waals surface area contributed by atoms with Crippen molar-refractivity contribution in [2.24, 2.45) is 9.98 Å². The zero-order valence-electron chi connectivity index (χ0n) is 15.5. The summed E-state index contributed by atoms with van der Waals surface area (Å²) in [4.78, 5) is 9.49. The molecule has 26 heavy (non-hydrogen) atoms. The molecule has 4 heteroatoms. The average molecular weight is 346 g/mol. The van der Waals surface area contributed by atoms with Crippen LogP contribution in [0, 0.1) is 0 Å². The number of fused-ring (bicyclic) bond motifs is 3. The molecule has 3 aliphatic rings. The van der Waals surface area contributed by atoms with E-state index >= 15 is 0 Å². The highest BCUT2D eigenvalue weighted by molar-refractivity contribution is 5.99. The molecule has 3 rings (SSSR count). The Balaban J connectivity index is 1.92. The van der Waals surface area contributed by atoms with Crippen molar-refractivity contribution in [3.8, 4) is 0 Å². The lowest BCUT2D eigenvalue weighted by Gasteiger charge is -2.15. The Morgan fingerprint density at radius 3 is 2.81 bits per heavy atom. The first-order valence-corrected chi connectivity index (χ1v) is 8.97. The van der Waals surface area contributed by atoms with Gasteiger partial charge in [-0.1, -0.05) is 24.8 Å². The van der Waals surface area contributed by atoms with Crippen LogP contribution in [0.4, 0.5) is 0 Å². The first-order valence-electron chi connectivity index (χ1n) is 8.97. The van der Waals surface area contributed by atoms with E-state index in [2.05, 4.69) is 54.2 Å². The maximum absolute atomic E-state index is 4.79. The summed E-state index contributed by atoms with van der Waals surface area (Å²) in [5.74, 6) is 0. The van der Waals surface area contributed by atoms with Gasteiger partial charge in [-0.05, 0) is 44.2 Å². The van der Waals surface area contributed by atoms with Gasteiger partial charge in [0.1, 0.15) is 0 Å². The van der Waals surface area contributed by atoms with Gasteiger partial charge in [-0.3, -0.25) is 9.98 Å². The summed E-state index contributed by atoms with van der Waals surface area (Å²) in [5.41, 5.74) is 5.94. The Morgan fingerprint density at radius 1 is 1.19 bits per heavy atom. The SMILES string of the molecule is C=CC1C/C(=C/C)NC(=C)/C=C2/C=CC(=N2)CC2C=C/C(=C/C(C)=N/1)N2. The fourth-order valence-corrected chi connectivity index (χ4v) is 3.17. The van der Waals surface area contributed by atoms with E-state index in [1.807, 2.05) is 32.1 Å². The van der Waals surface area contributed by atoms with E-state index in [1.54, 1.807) is 0 Å². The number of nitrogens with zero attached hydrogens (tertiary/aromatic N) is 2. The third-order valence-corrected chi connectivity index (χ3v) is 4.44. The Morgan fingerprint density at radius 2 is 2.04 bits per heavy atom. The topological polar surface area (TPSA) is 48.8 Å². The molecular formula is C22H26N4. The van der Waals surface area contributed by atoms with E-state index in [0.29, 0.717) is 0 Å². The minimum absolute atomic E-state index is 0.0103. The smallest absolute Gasteiger partial charge is 0.0734 e. The lowest BCUT2D eigenvalue weighted by Crippen LogP contribution is -2.23. The molecular weight excluding hydrogens is 320 g/mol. The highest BCUT2D eigenvalue weighted by Gasteiger charge is 2.16. The van der Waals surface area contributed by atoms with Crippen LogP contribution in [0.3, 0.4) is 0 Å². The van der Waals surface area contributed by atoms with Crippen molar-refractivity contribution < 1.29 is 0 Å². The third-order valence-electron chi connectivity index (χ3n) is 4.44. The molecule has 3 aliphatic heterocycles. The molecule has 0 aliphatic carbocycles. The molecule has 4 bridgehead atoms. The molecule has 0 saturated carbocycles. The van der Waals surface area contributed by atoms with E-state index in [0.717, 1.165) is 47.1 Å².